The van der Waals surface area contributed by atoms with E-state index in [1.54, 1.807) is 0 Å². The van der Waals surface area contributed by atoms with Crippen LogP contribution in [0.25, 0.3) is 0 Å². The van der Waals surface area contributed by atoms with Gasteiger partial charge in [-0.3, -0.25) is 0 Å². The zero-order valence-electron chi connectivity index (χ0n) is 21.7. The highest BCUT2D eigenvalue weighted by atomic mass is 13.0. The van der Waals surface area contributed by atoms with Crippen LogP contribution < -0.4 is 0 Å². The van der Waals surface area contributed by atoms with Crippen molar-refractivity contribution >= 4 is 8.41 Å². The summed E-state index contributed by atoms with van der Waals surface area (Å²) in [5.74, 6) is 0. The minimum atomic E-state index is 0. The summed E-state index contributed by atoms with van der Waals surface area (Å²) in [5.41, 5.74) is 0. The van der Waals surface area contributed by atoms with Crippen molar-refractivity contribution in [2.75, 3.05) is 0 Å². The average Bonchev–Trinajstić information content (AvgIpc) is 2.78. The average molecular weight is 450 g/mol. The normalized spacial score (nSPS) is 2.07. The van der Waals surface area contributed by atoms with Gasteiger partial charge in [0.1, 0.15) is 0 Å². The molecule has 3 radical (unpaired) electrons. The van der Waals surface area contributed by atoms with Crippen LogP contribution >= 0.6 is 0 Å². The molecule has 0 bridgehead atoms. The Kier molecular flexibility index (Phi) is 1110000. The number of terminal acetylenes is 1. The lowest BCUT2D eigenvalue weighted by Gasteiger charge is -1.07. The summed E-state index contributed by atoms with van der Waals surface area (Å²) in [7, 11) is 0. The molecule has 0 saturated heterocycles. The minimum Gasteiger partial charge on any atom is -0.124 e. The molecule has 0 aromatic heterocycles. The first kappa shape index (κ1) is 215. The molecule has 0 unspecified atom stereocenters. The van der Waals surface area contributed by atoms with E-state index in [1.165, 1.54) is 0 Å². The van der Waals surface area contributed by atoms with Gasteiger partial charge in [0.25, 0.3) is 0 Å². The first-order chi connectivity index (χ1) is 11.0. The van der Waals surface area contributed by atoms with Crippen LogP contribution in [0.1, 0.15) is 190 Å². The van der Waals surface area contributed by atoms with Crippen LogP contribution in [-0.4, -0.2) is 8.41 Å². The molecule has 0 aliphatic heterocycles. The molecule has 0 aromatic rings. The predicted molar refractivity (Wildman–Crippen MR) is 176 cm³/mol. The molecule has 0 spiro atoms. The van der Waals surface area contributed by atoms with Crippen molar-refractivity contribution in [3.8, 4) is 12.8 Å². The highest BCUT2D eigenvalue weighted by molar-refractivity contribution is 5.75. The highest BCUT2D eigenvalue weighted by Gasteiger charge is 0.950. The zero-order valence-corrected chi connectivity index (χ0v) is 21.7. The van der Waals surface area contributed by atoms with Crippen molar-refractivity contribution < 1.29 is 0 Å². The van der Waals surface area contributed by atoms with Crippen molar-refractivity contribution in [1.29, 1.82) is 0 Å². The van der Waals surface area contributed by atoms with E-state index >= 15 is 0 Å². The molecule has 209 valence electrons. The Morgan fingerprint density at radius 3 is 0.200 bits per heavy atom. The number of rotatable bonds is 0. The summed E-state index contributed by atoms with van der Waals surface area (Å²) < 4.78 is 0. The van der Waals surface area contributed by atoms with Crippen molar-refractivity contribution in [1.82, 2.24) is 0 Å². The third-order valence-corrected chi connectivity index (χ3v) is 0. The van der Waals surface area contributed by atoms with Gasteiger partial charge in [0.05, 0.1) is 0 Å². The van der Waals surface area contributed by atoms with Crippen LogP contribution in [-0.2, 0) is 0 Å². The topological polar surface area (TPSA) is 0 Å². The molecular weight excluding hydrogens is 359 g/mol. The van der Waals surface area contributed by atoms with E-state index in [2.05, 4.69) is 12.8 Å². The molecular formula is C29H90B. The zero-order chi connectivity index (χ0) is 22.0. The molecule has 0 rings (SSSR count). The Labute approximate surface area is 211 Å². The van der Waals surface area contributed by atoms with Crippen LogP contribution in [0, 0.1) is 12.8 Å². The molecule has 0 saturated carbocycles. The molecule has 0 fully saturated rings. The van der Waals surface area contributed by atoms with E-state index in [0.29, 0.717) is 0 Å². The summed E-state index contributed by atoms with van der Waals surface area (Å²) in [4.78, 5) is 0. The fraction of sp³-hybridized carbons (Fsp3) is 0.931. The highest BCUT2D eigenvalue weighted by Crippen LogP contribution is 1.16. The standard InChI is InChI=1S/10C2H6.C2H2.7CH4.B/c11*1-2;;;;;;;;/h10*1-2H3;1-2H;7*1H4;. The lowest BCUT2D eigenvalue weighted by atomic mass is 10.8. The number of hydrogen-bond donors (Lipinski definition) is 0. The smallest absolute Gasteiger partial charge is 0 e. The molecule has 0 nitrogen and oxygen atoms in total. The van der Waals surface area contributed by atoms with Gasteiger partial charge in [0.2, 0.25) is 0 Å². The van der Waals surface area contributed by atoms with Gasteiger partial charge >= 0.3 is 0 Å². The molecule has 0 N–H and O–H groups in total. The molecule has 0 aliphatic rings. The van der Waals surface area contributed by atoms with E-state index in [1.807, 2.05) is 138 Å². The van der Waals surface area contributed by atoms with E-state index in [9.17, 15) is 0 Å². The molecule has 0 atom stereocenters. The SMILES string of the molecule is C.C.C.C.C.C.C.C#C.CC.CC.CC.CC.CC.CC.CC.CC.CC.CC.[B]. The van der Waals surface area contributed by atoms with Crippen molar-refractivity contribution in [2.45, 2.75) is 190 Å². The third kappa shape index (κ3) is 139000. The second-order valence-corrected chi connectivity index (χ2v) is 0. The summed E-state index contributed by atoms with van der Waals surface area (Å²) in [6.45, 7) is 40.0. The van der Waals surface area contributed by atoms with Crippen LogP contribution in [0.2, 0.25) is 0 Å². The quantitative estimate of drug-likeness (QED) is 0.255. The van der Waals surface area contributed by atoms with Gasteiger partial charge in [-0.25, -0.2) is 0 Å². The van der Waals surface area contributed by atoms with Gasteiger partial charge in [-0.1, -0.05) is 190 Å². The van der Waals surface area contributed by atoms with Crippen molar-refractivity contribution in [3.05, 3.63) is 0 Å². The van der Waals surface area contributed by atoms with Gasteiger partial charge < -0.3 is 0 Å². The Morgan fingerprint density at radius 1 is 0.200 bits per heavy atom. The first-order valence-electron chi connectivity index (χ1n) is 10.3. The lowest BCUT2D eigenvalue weighted by molar-refractivity contribution is 1.50. The summed E-state index contributed by atoms with van der Waals surface area (Å²) >= 11 is 0. The van der Waals surface area contributed by atoms with Gasteiger partial charge in [-0.05, 0) is 0 Å². The van der Waals surface area contributed by atoms with E-state index in [4.69, 9.17) is 0 Å². The molecule has 0 aromatic carbocycles. The van der Waals surface area contributed by atoms with E-state index < -0.39 is 0 Å². The Balaban J connectivity index is -0.00000000254. The molecule has 0 amide bonds. The minimum absolute atomic E-state index is 0. The summed E-state index contributed by atoms with van der Waals surface area (Å²) in [6, 6.07) is 0. The molecule has 30 heavy (non-hydrogen) atoms. The number of hydrogen-bond acceptors (Lipinski definition) is 0. The fourth-order valence-corrected chi connectivity index (χ4v) is 0. The molecule has 1 heteroatoms. The van der Waals surface area contributed by atoms with Gasteiger partial charge in [-0.15, -0.1) is 12.8 Å². The van der Waals surface area contributed by atoms with Crippen LogP contribution in [0.3, 0.4) is 0 Å². The third-order valence-electron chi connectivity index (χ3n) is 0. The Bertz CT molecular complexity index is 11.1. The van der Waals surface area contributed by atoms with Gasteiger partial charge in [0.15, 0.2) is 0 Å². The molecule has 0 heterocycles. The van der Waals surface area contributed by atoms with Crippen LogP contribution in [0.4, 0.5) is 0 Å². The fourth-order valence-electron chi connectivity index (χ4n) is 0. The van der Waals surface area contributed by atoms with E-state index in [0.717, 1.165) is 0 Å². The van der Waals surface area contributed by atoms with Crippen molar-refractivity contribution in [3.63, 3.8) is 0 Å². The monoisotopic (exact) mass is 450 g/mol. The van der Waals surface area contributed by atoms with Crippen LogP contribution in [0.5, 0.6) is 0 Å². The Hall–Kier alpha value is -0.375. The second-order valence-electron chi connectivity index (χ2n) is 0. The molecule has 0 aliphatic carbocycles. The van der Waals surface area contributed by atoms with Gasteiger partial charge in [-0.2, -0.15) is 0 Å². The van der Waals surface area contributed by atoms with Gasteiger partial charge in [0, 0.05) is 8.41 Å². The first-order valence-corrected chi connectivity index (χ1v) is 10.3. The predicted octanol–water partition coefficient (Wildman–Crippen LogP) is 14.6. The second kappa shape index (κ2) is 155000. The summed E-state index contributed by atoms with van der Waals surface area (Å²) in [6.07, 6.45) is 8.00. The Morgan fingerprint density at radius 2 is 0.200 bits per heavy atom. The lowest BCUT2D eigenvalue weighted by Crippen LogP contribution is -0.856. The maximum atomic E-state index is 4.00. The largest absolute Gasteiger partial charge is 0.124 e. The van der Waals surface area contributed by atoms with Crippen LogP contribution in [0.15, 0.2) is 0 Å². The van der Waals surface area contributed by atoms with Crippen molar-refractivity contribution in [2.24, 2.45) is 0 Å². The maximum Gasteiger partial charge on any atom is 0 e. The van der Waals surface area contributed by atoms with E-state index in [-0.39, 0.29) is 60.4 Å². The maximum absolute atomic E-state index is 4.00. The summed E-state index contributed by atoms with van der Waals surface area (Å²) in [5, 5.41) is 0.